The van der Waals surface area contributed by atoms with E-state index in [-0.39, 0.29) is 22.6 Å². The van der Waals surface area contributed by atoms with Gasteiger partial charge >= 0.3 is 5.97 Å². The summed E-state index contributed by atoms with van der Waals surface area (Å²) in [5.74, 6) is -2.01. The van der Waals surface area contributed by atoms with Crippen LogP contribution in [-0.4, -0.2) is 36.7 Å². The third kappa shape index (κ3) is 3.71. The molecule has 1 aliphatic rings. The smallest absolute Gasteiger partial charge is 0.338 e. The minimum Gasteiger partial charge on any atom is -0.478 e. The van der Waals surface area contributed by atoms with Crippen LogP contribution in [0.1, 0.15) is 39.3 Å². The Balaban J connectivity index is 1.75. The Morgan fingerprint density at radius 1 is 1.20 bits per heavy atom. The number of hydrogen-bond acceptors (Lipinski definition) is 4. The number of carbonyl (C=O) groups is 2. The quantitative estimate of drug-likeness (QED) is 0.868. The molecule has 1 aromatic heterocycles. The second-order valence-electron chi connectivity index (χ2n) is 6.09. The van der Waals surface area contributed by atoms with Crippen LogP contribution in [0.15, 0.2) is 41.0 Å². The number of nitrogens with one attached hydrogen (secondary N) is 1. The van der Waals surface area contributed by atoms with Crippen molar-refractivity contribution in [1.29, 1.82) is 0 Å². The Hall–Kier alpha value is -2.67. The minimum atomic E-state index is -1.16. The number of aromatic carboxylic acids is 1. The lowest BCUT2D eigenvalue weighted by atomic mass is 9.74. The maximum absolute atomic E-state index is 13.2. The van der Waals surface area contributed by atoms with Crippen molar-refractivity contribution in [3.05, 3.63) is 59.3 Å². The van der Waals surface area contributed by atoms with E-state index in [9.17, 15) is 14.0 Å². The number of rotatable bonds is 5. The molecule has 3 rings (SSSR count). The zero-order chi connectivity index (χ0) is 17.9. The fourth-order valence-electron chi connectivity index (χ4n) is 3.04. The molecule has 0 bridgehead atoms. The average molecular weight is 347 g/mol. The van der Waals surface area contributed by atoms with E-state index in [0.29, 0.717) is 32.6 Å². The lowest BCUT2D eigenvalue weighted by molar-refractivity contribution is 0.0484. The molecule has 1 aliphatic heterocycles. The van der Waals surface area contributed by atoms with Gasteiger partial charge < -0.3 is 19.6 Å². The van der Waals surface area contributed by atoms with Crippen LogP contribution in [0, 0.1) is 5.82 Å². The Morgan fingerprint density at radius 2 is 1.88 bits per heavy atom. The molecule has 0 aliphatic carbocycles. The van der Waals surface area contributed by atoms with Crippen LogP contribution in [-0.2, 0) is 10.2 Å². The predicted molar refractivity (Wildman–Crippen MR) is 86.1 cm³/mol. The van der Waals surface area contributed by atoms with Crippen LogP contribution in [0.5, 0.6) is 0 Å². The number of carboxylic acids is 1. The lowest BCUT2D eigenvalue weighted by Gasteiger charge is -2.37. The summed E-state index contributed by atoms with van der Waals surface area (Å²) < 4.78 is 23.7. The van der Waals surface area contributed by atoms with Gasteiger partial charge in [0.15, 0.2) is 5.76 Å². The van der Waals surface area contributed by atoms with E-state index in [2.05, 4.69) is 5.32 Å². The molecule has 1 aromatic carbocycles. The average Bonchev–Trinajstić information content (AvgIpc) is 3.12. The molecule has 2 N–H and O–H groups in total. The zero-order valence-electron chi connectivity index (χ0n) is 13.5. The number of halogens is 1. The van der Waals surface area contributed by atoms with E-state index < -0.39 is 11.9 Å². The van der Waals surface area contributed by atoms with Crippen molar-refractivity contribution in [2.24, 2.45) is 0 Å². The van der Waals surface area contributed by atoms with Crippen LogP contribution < -0.4 is 5.32 Å². The first-order valence-corrected chi connectivity index (χ1v) is 7.94. The van der Waals surface area contributed by atoms with Crippen molar-refractivity contribution in [2.45, 2.75) is 18.3 Å². The summed E-state index contributed by atoms with van der Waals surface area (Å²) in [5.41, 5.74) is 0.497. The third-order valence-electron chi connectivity index (χ3n) is 4.56. The van der Waals surface area contributed by atoms with E-state index in [1.165, 1.54) is 18.2 Å². The van der Waals surface area contributed by atoms with Crippen molar-refractivity contribution < 1.29 is 28.2 Å². The largest absolute Gasteiger partial charge is 0.478 e. The lowest BCUT2D eigenvalue weighted by Crippen LogP contribution is -2.44. The summed E-state index contributed by atoms with van der Waals surface area (Å²) in [6, 6.07) is 7.44. The third-order valence-corrected chi connectivity index (χ3v) is 4.56. The first-order valence-electron chi connectivity index (χ1n) is 7.94. The van der Waals surface area contributed by atoms with Crippen LogP contribution >= 0.6 is 0 Å². The van der Waals surface area contributed by atoms with Gasteiger partial charge in [0.1, 0.15) is 12.1 Å². The number of carboxylic acid groups (broad SMARTS) is 1. The Labute approximate surface area is 143 Å². The number of carbonyl (C=O) groups excluding carboxylic acids is 1. The maximum Gasteiger partial charge on any atom is 0.338 e. The molecule has 0 atom stereocenters. The summed E-state index contributed by atoms with van der Waals surface area (Å²) in [5, 5.41) is 11.7. The van der Waals surface area contributed by atoms with Gasteiger partial charge in [-0.15, -0.1) is 0 Å². The van der Waals surface area contributed by atoms with Crippen molar-refractivity contribution in [1.82, 2.24) is 5.32 Å². The molecular weight excluding hydrogens is 329 g/mol. The van der Waals surface area contributed by atoms with E-state index >= 15 is 0 Å². The van der Waals surface area contributed by atoms with Crippen molar-refractivity contribution >= 4 is 11.9 Å². The molecule has 1 amide bonds. The van der Waals surface area contributed by atoms with E-state index in [0.717, 1.165) is 11.8 Å². The van der Waals surface area contributed by atoms with Gasteiger partial charge in [-0.3, -0.25) is 4.79 Å². The standard InChI is InChI=1S/C18H18FNO5/c19-14-3-1-13(2-4-14)18(5-7-24-8-6-18)11-20-16(21)15-9-12(10-25-15)17(22)23/h1-4,9-10H,5-8,11H2,(H,20,21)(H,22,23). The van der Waals surface area contributed by atoms with Gasteiger partial charge in [0, 0.05) is 31.2 Å². The molecule has 2 aromatic rings. The van der Waals surface area contributed by atoms with Gasteiger partial charge in [0.2, 0.25) is 0 Å². The zero-order valence-corrected chi connectivity index (χ0v) is 13.5. The number of ether oxygens (including phenoxy) is 1. The number of hydrogen-bond donors (Lipinski definition) is 2. The fraction of sp³-hybridized carbons (Fsp3) is 0.333. The van der Waals surface area contributed by atoms with E-state index in [1.807, 2.05) is 0 Å². The van der Waals surface area contributed by atoms with Gasteiger partial charge in [0.25, 0.3) is 5.91 Å². The van der Waals surface area contributed by atoms with Crippen LogP contribution in [0.3, 0.4) is 0 Å². The van der Waals surface area contributed by atoms with Crippen molar-refractivity contribution in [3.63, 3.8) is 0 Å². The summed E-state index contributed by atoms with van der Waals surface area (Å²) >= 11 is 0. The molecule has 0 unspecified atom stereocenters. The monoisotopic (exact) mass is 347 g/mol. The molecule has 0 saturated carbocycles. The Kier molecular flexibility index (Phi) is 4.85. The second kappa shape index (κ2) is 7.06. The van der Waals surface area contributed by atoms with Crippen LogP contribution in [0.2, 0.25) is 0 Å². The molecule has 0 radical (unpaired) electrons. The number of furan rings is 1. The van der Waals surface area contributed by atoms with Gasteiger partial charge in [-0.2, -0.15) is 0 Å². The summed E-state index contributed by atoms with van der Waals surface area (Å²) in [6.07, 6.45) is 2.41. The van der Waals surface area contributed by atoms with Gasteiger partial charge in [-0.1, -0.05) is 12.1 Å². The van der Waals surface area contributed by atoms with Crippen LogP contribution in [0.25, 0.3) is 0 Å². The summed E-state index contributed by atoms with van der Waals surface area (Å²) in [7, 11) is 0. The molecule has 25 heavy (non-hydrogen) atoms. The maximum atomic E-state index is 13.2. The molecular formula is C18H18FNO5. The first kappa shape index (κ1) is 17.2. The van der Waals surface area contributed by atoms with Gasteiger partial charge in [-0.25, -0.2) is 9.18 Å². The molecule has 6 nitrogen and oxygen atoms in total. The van der Waals surface area contributed by atoms with Gasteiger partial charge in [-0.05, 0) is 30.5 Å². The van der Waals surface area contributed by atoms with Gasteiger partial charge in [0.05, 0.1) is 5.56 Å². The molecule has 1 saturated heterocycles. The molecule has 1 fully saturated rings. The topological polar surface area (TPSA) is 88.8 Å². The minimum absolute atomic E-state index is 0.0567. The fourth-order valence-corrected chi connectivity index (χ4v) is 3.04. The highest BCUT2D eigenvalue weighted by Gasteiger charge is 2.35. The second-order valence-corrected chi connectivity index (χ2v) is 6.09. The molecule has 2 heterocycles. The Bertz CT molecular complexity index is 762. The SMILES string of the molecule is O=C(O)c1coc(C(=O)NCC2(c3ccc(F)cc3)CCOCC2)c1. The number of benzene rings is 1. The summed E-state index contributed by atoms with van der Waals surface area (Å²) in [4.78, 5) is 23.1. The predicted octanol–water partition coefficient (Wildman–Crippen LogP) is 2.60. The Morgan fingerprint density at radius 3 is 2.48 bits per heavy atom. The first-order chi connectivity index (χ1) is 12.0. The summed E-state index contributed by atoms with van der Waals surface area (Å²) in [6.45, 7) is 1.43. The molecule has 132 valence electrons. The van der Waals surface area contributed by atoms with E-state index in [1.54, 1.807) is 12.1 Å². The highest BCUT2D eigenvalue weighted by molar-refractivity contribution is 5.95. The number of amides is 1. The van der Waals surface area contributed by atoms with Crippen LogP contribution in [0.4, 0.5) is 4.39 Å². The van der Waals surface area contributed by atoms with Crippen molar-refractivity contribution in [2.75, 3.05) is 19.8 Å². The molecule has 0 spiro atoms. The molecule has 7 heteroatoms. The van der Waals surface area contributed by atoms with Crippen molar-refractivity contribution in [3.8, 4) is 0 Å². The van der Waals surface area contributed by atoms with E-state index in [4.69, 9.17) is 14.3 Å². The normalized spacial score (nSPS) is 16.4. The highest BCUT2D eigenvalue weighted by atomic mass is 19.1. The highest BCUT2D eigenvalue weighted by Crippen LogP contribution is 2.34.